The topological polar surface area (TPSA) is 89.6 Å². The summed E-state index contributed by atoms with van der Waals surface area (Å²) < 4.78 is 5.34. The second-order valence-electron chi connectivity index (χ2n) is 7.40. The molecule has 29 heavy (non-hydrogen) atoms. The van der Waals surface area contributed by atoms with Crippen LogP contribution in [0, 0.1) is 0 Å². The first-order valence-corrected chi connectivity index (χ1v) is 10.1. The molecule has 0 amide bonds. The van der Waals surface area contributed by atoms with Crippen molar-refractivity contribution in [1.29, 1.82) is 0 Å². The summed E-state index contributed by atoms with van der Waals surface area (Å²) in [5.74, 6) is -1.19. The molecule has 0 spiro atoms. The number of benzene rings is 3. The number of nitrogens with two attached hydrogens (primary N) is 1. The van der Waals surface area contributed by atoms with Gasteiger partial charge in [-0.3, -0.25) is 9.59 Å². The fourth-order valence-corrected chi connectivity index (χ4v) is 3.43. The number of carbonyl (C=O) groups excluding carboxylic acids is 1. The number of rotatable bonds is 10. The van der Waals surface area contributed by atoms with Crippen LogP contribution < -0.4 is 5.73 Å². The standard InChI is InChI=1S/C24H27NO4/c25-22(24(27)28)8-2-1-3-9-23(26)29-13-12-17-10-11-20-15-18-6-4-5-7-19(18)16-21(20)14-17/h4-7,10-11,14-16,22H,1-3,8-9,12-13,25H2,(H,27,28)/t22-/m0/s1. The summed E-state index contributed by atoms with van der Waals surface area (Å²) in [5, 5.41) is 13.6. The molecule has 0 radical (unpaired) electrons. The predicted molar refractivity (Wildman–Crippen MR) is 115 cm³/mol. The number of ether oxygens (including phenoxy) is 1. The minimum Gasteiger partial charge on any atom is -0.480 e. The van der Waals surface area contributed by atoms with Gasteiger partial charge in [0.05, 0.1) is 6.61 Å². The molecule has 1 atom stereocenters. The van der Waals surface area contributed by atoms with E-state index in [1.807, 2.05) is 12.1 Å². The van der Waals surface area contributed by atoms with Gasteiger partial charge in [0, 0.05) is 12.8 Å². The van der Waals surface area contributed by atoms with E-state index in [2.05, 4.69) is 42.5 Å². The third-order valence-corrected chi connectivity index (χ3v) is 5.14. The third kappa shape index (κ3) is 6.03. The lowest BCUT2D eigenvalue weighted by Gasteiger charge is -2.08. The lowest BCUT2D eigenvalue weighted by atomic mass is 10.0. The van der Waals surface area contributed by atoms with Crippen LogP contribution in [0.3, 0.4) is 0 Å². The van der Waals surface area contributed by atoms with Gasteiger partial charge in [-0.25, -0.2) is 0 Å². The molecule has 0 aromatic heterocycles. The van der Waals surface area contributed by atoms with E-state index in [-0.39, 0.29) is 5.97 Å². The lowest BCUT2D eigenvalue weighted by Crippen LogP contribution is -2.29. The molecule has 3 N–H and O–H groups in total. The Morgan fingerprint density at radius 2 is 1.59 bits per heavy atom. The molecule has 3 aromatic carbocycles. The number of hydrogen-bond acceptors (Lipinski definition) is 4. The van der Waals surface area contributed by atoms with Gasteiger partial charge in [-0.15, -0.1) is 0 Å². The Hall–Kier alpha value is -2.92. The molecule has 0 aliphatic heterocycles. The van der Waals surface area contributed by atoms with E-state index in [1.54, 1.807) is 0 Å². The quantitative estimate of drug-likeness (QED) is 0.302. The number of hydrogen-bond donors (Lipinski definition) is 2. The summed E-state index contributed by atoms with van der Waals surface area (Å²) in [7, 11) is 0. The average molecular weight is 393 g/mol. The van der Waals surface area contributed by atoms with Crippen molar-refractivity contribution in [3.05, 3.63) is 60.2 Å². The molecular formula is C24H27NO4. The van der Waals surface area contributed by atoms with Gasteiger partial charge in [0.25, 0.3) is 0 Å². The number of unbranched alkanes of at least 4 members (excludes halogenated alkanes) is 2. The molecule has 3 aromatic rings. The second-order valence-corrected chi connectivity index (χ2v) is 7.40. The van der Waals surface area contributed by atoms with Gasteiger partial charge in [-0.2, -0.15) is 0 Å². The largest absolute Gasteiger partial charge is 0.480 e. The van der Waals surface area contributed by atoms with Crippen molar-refractivity contribution in [2.45, 2.75) is 44.6 Å². The number of carboxylic acids is 1. The highest BCUT2D eigenvalue weighted by Crippen LogP contribution is 2.24. The molecule has 0 saturated carbocycles. The first kappa shape index (κ1) is 20.8. The summed E-state index contributed by atoms with van der Waals surface area (Å²) in [6.45, 7) is 0.363. The van der Waals surface area contributed by atoms with Crippen LogP contribution in [0.5, 0.6) is 0 Å². The van der Waals surface area contributed by atoms with Gasteiger partial charge in [0.1, 0.15) is 6.04 Å². The first-order valence-electron chi connectivity index (χ1n) is 10.1. The highest BCUT2D eigenvalue weighted by molar-refractivity contribution is 5.98. The van der Waals surface area contributed by atoms with Crippen LogP contribution in [-0.4, -0.2) is 29.7 Å². The maximum atomic E-state index is 11.9. The monoisotopic (exact) mass is 393 g/mol. The molecule has 152 valence electrons. The minimum atomic E-state index is -0.980. The van der Waals surface area contributed by atoms with Crippen molar-refractivity contribution < 1.29 is 19.4 Å². The van der Waals surface area contributed by atoms with Gasteiger partial charge in [0.2, 0.25) is 0 Å². The molecule has 0 bridgehead atoms. The third-order valence-electron chi connectivity index (χ3n) is 5.14. The van der Waals surface area contributed by atoms with Crippen LogP contribution in [-0.2, 0) is 20.7 Å². The van der Waals surface area contributed by atoms with Crippen LogP contribution in [0.15, 0.2) is 54.6 Å². The van der Waals surface area contributed by atoms with Crippen LogP contribution >= 0.6 is 0 Å². The Labute approximate surface area is 170 Å². The molecule has 5 nitrogen and oxygen atoms in total. The Kier molecular flexibility index (Phi) is 7.19. The van der Waals surface area contributed by atoms with Crippen LogP contribution in [0.25, 0.3) is 21.5 Å². The number of aliphatic carboxylic acids is 1. The highest BCUT2D eigenvalue weighted by atomic mass is 16.5. The van der Waals surface area contributed by atoms with Crippen molar-refractivity contribution in [2.24, 2.45) is 5.73 Å². The summed E-state index contributed by atoms with van der Waals surface area (Å²) in [5.41, 5.74) is 6.59. The SMILES string of the molecule is N[C@@H](CCCCCC(=O)OCCc1ccc2cc3ccccc3cc2c1)C(=O)O. The molecule has 0 heterocycles. The fraction of sp³-hybridized carbons (Fsp3) is 0.333. The summed E-state index contributed by atoms with van der Waals surface area (Å²) in [4.78, 5) is 22.5. The zero-order valence-corrected chi connectivity index (χ0v) is 16.5. The zero-order chi connectivity index (χ0) is 20.6. The van der Waals surface area contributed by atoms with Gasteiger partial charge in [-0.05, 0) is 52.1 Å². The van der Waals surface area contributed by atoms with Crippen molar-refractivity contribution in [3.8, 4) is 0 Å². The average Bonchev–Trinajstić information content (AvgIpc) is 2.71. The molecule has 0 aliphatic carbocycles. The van der Waals surface area contributed by atoms with Crippen molar-refractivity contribution in [1.82, 2.24) is 0 Å². The lowest BCUT2D eigenvalue weighted by molar-refractivity contribution is -0.143. The Morgan fingerprint density at radius 3 is 2.31 bits per heavy atom. The zero-order valence-electron chi connectivity index (χ0n) is 16.5. The molecule has 0 saturated heterocycles. The number of esters is 1. The summed E-state index contributed by atoms with van der Waals surface area (Å²) in [6, 6.07) is 18.2. The van der Waals surface area contributed by atoms with E-state index in [0.717, 1.165) is 12.0 Å². The normalized spacial score (nSPS) is 12.2. The van der Waals surface area contributed by atoms with Crippen LogP contribution in [0.1, 0.15) is 37.7 Å². The van der Waals surface area contributed by atoms with Crippen LogP contribution in [0.2, 0.25) is 0 Å². The maximum absolute atomic E-state index is 11.9. The van der Waals surface area contributed by atoms with Gasteiger partial charge < -0.3 is 15.6 Å². The maximum Gasteiger partial charge on any atom is 0.320 e. The number of fused-ring (bicyclic) bond motifs is 2. The molecule has 3 rings (SSSR count). The second kappa shape index (κ2) is 10.0. The van der Waals surface area contributed by atoms with Crippen molar-refractivity contribution in [2.75, 3.05) is 6.61 Å². The van der Waals surface area contributed by atoms with Gasteiger partial charge in [-0.1, -0.05) is 55.3 Å². The first-order chi connectivity index (χ1) is 14.0. The molecule has 0 fully saturated rings. The number of carboxylic acid groups (broad SMARTS) is 1. The van der Waals surface area contributed by atoms with E-state index in [0.29, 0.717) is 38.7 Å². The van der Waals surface area contributed by atoms with Crippen molar-refractivity contribution >= 4 is 33.5 Å². The fourth-order valence-electron chi connectivity index (χ4n) is 3.43. The van der Waals surface area contributed by atoms with Crippen molar-refractivity contribution in [3.63, 3.8) is 0 Å². The highest BCUT2D eigenvalue weighted by Gasteiger charge is 2.10. The van der Waals surface area contributed by atoms with E-state index < -0.39 is 12.0 Å². The van der Waals surface area contributed by atoms with E-state index in [4.69, 9.17) is 15.6 Å². The summed E-state index contributed by atoms with van der Waals surface area (Å²) in [6.07, 6.45) is 3.63. The predicted octanol–water partition coefficient (Wildman–Crippen LogP) is 4.44. The Morgan fingerprint density at radius 1 is 0.897 bits per heavy atom. The number of carbonyl (C=O) groups is 2. The Balaban J connectivity index is 1.41. The molecule has 0 unspecified atom stereocenters. The van der Waals surface area contributed by atoms with Gasteiger partial charge in [0.15, 0.2) is 0 Å². The van der Waals surface area contributed by atoms with E-state index in [1.165, 1.54) is 21.5 Å². The van der Waals surface area contributed by atoms with E-state index >= 15 is 0 Å². The minimum absolute atomic E-state index is 0.209. The van der Waals surface area contributed by atoms with Gasteiger partial charge >= 0.3 is 11.9 Å². The van der Waals surface area contributed by atoms with Crippen LogP contribution in [0.4, 0.5) is 0 Å². The molecular weight excluding hydrogens is 366 g/mol. The Bertz CT molecular complexity index is 999. The molecule has 5 heteroatoms. The summed E-state index contributed by atoms with van der Waals surface area (Å²) >= 11 is 0. The molecule has 0 aliphatic rings. The smallest absolute Gasteiger partial charge is 0.320 e. The van der Waals surface area contributed by atoms with E-state index in [9.17, 15) is 9.59 Å².